The number of nitrogens with zero attached hydrogens (tertiary/aromatic N) is 2. The van der Waals surface area contributed by atoms with Crippen LogP contribution < -0.4 is 5.32 Å². The second-order valence-electron chi connectivity index (χ2n) is 5.51. The second kappa shape index (κ2) is 6.06. The first kappa shape index (κ1) is 13.1. The van der Waals surface area contributed by atoms with Gasteiger partial charge in [-0.05, 0) is 38.0 Å². The van der Waals surface area contributed by atoms with E-state index in [2.05, 4.69) is 15.3 Å². The van der Waals surface area contributed by atoms with Crippen LogP contribution in [-0.4, -0.2) is 29.7 Å². The van der Waals surface area contributed by atoms with Crippen LogP contribution in [0.5, 0.6) is 0 Å². The van der Waals surface area contributed by atoms with Crippen molar-refractivity contribution in [2.75, 3.05) is 25.1 Å². The molecule has 4 nitrogen and oxygen atoms in total. The Morgan fingerprint density at radius 2 is 2.11 bits per heavy atom. The first-order valence-corrected chi connectivity index (χ1v) is 7.55. The fraction of sp³-hybridized carbons (Fsp3) is 0.714. The zero-order valence-corrected chi connectivity index (χ0v) is 11.8. The number of nitrogens with one attached hydrogen (secondary N) is 1. The third kappa shape index (κ3) is 4.32. The minimum absolute atomic E-state index is 0.529. The van der Waals surface area contributed by atoms with Gasteiger partial charge in [-0.2, -0.15) is 0 Å². The van der Waals surface area contributed by atoms with Gasteiger partial charge in [0.2, 0.25) is 0 Å². The van der Waals surface area contributed by atoms with Gasteiger partial charge in [0.05, 0.1) is 0 Å². The Labute approximate surface area is 118 Å². The van der Waals surface area contributed by atoms with E-state index < -0.39 is 0 Å². The van der Waals surface area contributed by atoms with Gasteiger partial charge in [0.15, 0.2) is 0 Å². The molecule has 0 aliphatic heterocycles. The molecular formula is C14H20ClN3O. The molecular weight excluding hydrogens is 262 g/mol. The average molecular weight is 282 g/mol. The largest absolute Gasteiger partial charge is 0.381 e. The van der Waals surface area contributed by atoms with Crippen molar-refractivity contribution in [3.8, 4) is 0 Å². The van der Waals surface area contributed by atoms with E-state index in [4.69, 9.17) is 16.3 Å². The molecule has 0 spiro atoms. The van der Waals surface area contributed by atoms with E-state index in [1.54, 1.807) is 6.07 Å². The van der Waals surface area contributed by atoms with E-state index in [1.165, 1.54) is 25.7 Å². The molecule has 0 unspecified atom stereocenters. The third-order valence-electron chi connectivity index (χ3n) is 3.48. The van der Waals surface area contributed by atoms with Gasteiger partial charge in [0.1, 0.15) is 16.8 Å². The number of ether oxygens (including phenoxy) is 1. The van der Waals surface area contributed by atoms with Gasteiger partial charge in [-0.1, -0.05) is 11.6 Å². The second-order valence-corrected chi connectivity index (χ2v) is 5.89. The molecule has 3 rings (SSSR count). The number of rotatable bonds is 8. The monoisotopic (exact) mass is 281 g/mol. The van der Waals surface area contributed by atoms with E-state index >= 15 is 0 Å². The van der Waals surface area contributed by atoms with E-state index in [9.17, 15) is 0 Å². The Bertz CT molecular complexity index is 433. The van der Waals surface area contributed by atoms with Crippen LogP contribution in [0, 0.1) is 5.92 Å². The van der Waals surface area contributed by atoms with Gasteiger partial charge in [0.25, 0.3) is 0 Å². The van der Waals surface area contributed by atoms with Crippen molar-refractivity contribution in [1.29, 1.82) is 0 Å². The Morgan fingerprint density at radius 1 is 1.26 bits per heavy atom. The molecule has 19 heavy (non-hydrogen) atoms. The molecule has 0 amide bonds. The lowest BCUT2D eigenvalue weighted by molar-refractivity contribution is 0.124. The summed E-state index contributed by atoms with van der Waals surface area (Å²) in [6.07, 6.45) is 6.07. The van der Waals surface area contributed by atoms with Crippen molar-refractivity contribution in [2.45, 2.75) is 38.0 Å². The lowest BCUT2D eigenvalue weighted by atomic mass is 10.4. The van der Waals surface area contributed by atoms with Gasteiger partial charge in [-0.3, -0.25) is 0 Å². The molecule has 0 saturated heterocycles. The van der Waals surface area contributed by atoms with Crippen LogP contribution in [0.1, 0.15) is 43.8 Å². The number of hydrogen-bond donors (Lipinski definition) is 1. The lowest BCUT2D eigenvalue weighted by Crippen LogP contribution is -2.09. The number of hydrogen-bond acceptors (Lipinski definition) is 4. The summed E-state index contributed by atoms with van der Waals surface area (Å²) in [7, 11) is 0. The van der Waals surface area contributed by atoms with E-state index in [0.29, 0.717) is 11.1 Å². The topological polar surface area (TPSA) is 47.0 Å². The lowest BCUT2D eigenvalue weighted by Gasteiger charge is -2.08. The van der Waals surface area contributed by atoms with Crippen molar-refractivity contribution in [1.82, 2.24) is 9.97 Å². The predicted molar refractivity (Wildman–Crippen MR) is 75.7 cm³/mol. The van der Waals surface area contributed by atoms with Crippen LogP contribution in [0.4, 0.5) is 5.82 Å². The maximum atomic E-state index is 6.01. The highest BCUT2D eigenvalue weighted by Crippen LogP contribution is 2.38. The molecule has 0 bridgehead atoms. The average Bonchev–Trinajstić information content (AvgIpc) is 3.27. The summed E-state index contributed by atoms with van der Waals surface area (Å²) >= 11 is 6.01. The molecule has 1 aromatic rings. The van der Waals surface area contributed by atoms with Crippen molar-refractivity contribution >= 4 is 17.4 Å². The smallest absolute Gasteiger partial charge is 0.135 e. The zero-order valence-electron chi connectivity index (χ0n) is 11.1. The van der Waals surface area contributed by atoms with E-state index in [1.807, 2.05) is 0 Å². The Hall–Kier alpha value is -0.870. The van der Waals surface area contributed by atoms with Crippen LogP contribution in [0.2, 0.25) is 5.15 Å². The van der Waals surface area contributed by atoms with Gasteiger partial charge >= 0.3 is 0 Å². The fourth-order valence-electron chi connectivity index (χ4n) is 1.98. The van der Waals surface area contributed by atoms with E-state index in [0.717, 1.165) is 43.7 Å². The molecule has 1 heterocycles. The first-order chi connectivity index (χ1) is 9.31. The Kier molecular flexibility index (Phi) is 4.18. The summed E-state index contributed by atoms with van der Waals surface area (Å²) in [5, 5.41) is 3.83. The van der Waals surface area contributed by atoms with Crippen molar-refractivity contribution < 1.29 is 4.74 Å². The van der Waals surface area contributed by atoms with Crippen LogP contribution in [0.3, 0.4) is 0 Å². The molecule has 104 valence electrons. The van der Waals surface area contributed by atoms with Crippen LogP contribution in [0.25, 0.3) is 0 Å². The minimum Gasteiger partial charge on any atom is -0.381 e. The summed E-state index contributed by atoms with van der Waals surface area (Å²) in [5.41, 5.74) is 0. The van der Waals surface area contributed by atoms with Crippen molar-refractivity contribution in [2.24, 2.45) is 5.92 Å². The molecule has 0 radical (unpaired) electrons. The maximum Gasteiger partial charge on any atom is 0.135 e. The highest BCUT2D eigenvalue weighted by molar-refractivity contribution is 6.29. The maximum absolute atomic E-state index is 6.01. The van der Waals surface area contributed by atoms with Gasteiger partial charge < -0.3 is 10.1 Å². The molecule has 1 aromatic heterocycles. The van der Waals surface area contributed by atoms with E-state index in [-0.39, 0.29) is 0 Å². The molecule has 2 aliphatic carbocycles. The molecule has 0 atom stereocenters. The summed E-state index contributed by atoms with van der Waals surface area (Å²) in [6.45, 7) is 2.62. The van der Waals surface area contributed by atoms with Crippen LogP contribution in [-0.2, 0) is 4.74 Å². The minimum atomic E-state index is 0.529. The van der Waals surface area contributed by atoms with Crippen LogP contribution >= 0.6 is 11.6 Å². The molecule has 2 aliphatic rings. The molecule has 0 aromatic carbocycles. The molecule has 5 heteroatoms. The third-order valence-corrected chi connectivity index (χ3v) is 3.67. The number of aromatic nitrogens is 2. The molecule has 2 saturated carbocycles. The van der Waals surface area contributed by atoms with Crippen LogP contribution in [0.15, 0.2) is 6.07 Å². The zero-order chi connectivity index (χ0) is 13.1. The van der Waals surface area contributed by atoms with Gasteiger partial charge in [-0.25, -0.2) is 9.97 Å². The Balaban J connectivity index is 1.38. The van der Waals surface area contributed by atoms with Crippen molar-refractivity contribution in [3.63, 3.8) is 0 Å². The Morgan fingerprint density at radius 3 is 2.84 bits per heavy atom. The molecule has 2 fully saturated rings. The first-order valence-electron chi connectivity index (χ1n) is 7.17. The standard InChI is InChI=1S/C14H20ClN3O/c15-12-8-13(18-14(17-12)11-4-5-11)16-6-1-7-19-9-10-2-3-10/h8,10-11H,1-7,9H2,(H,16,17,18). The number of anilines is 1. The van der Waals surface area contributed by atoms with Gasteiger partial charge in [0, 0.05) is 31.7 Å². The fourth-order valence-corrected chi connectivity index (χ4v) is 2.17. The highest BCUT2D eigenvalue weighted by atomic mass is 35.5. The summed E-state index contributed by atoms with van der Waals surface area (Å²) in [6, 6.07) is 1.79. The van der Waals surface area contributed by atoms with Gasteiger partial charge in [-0.15, -0.1) is 0 Å². The quantitative estimate of drug-likeness (QED) is 0.587. The predicted octanol–water partition coefficient (Wildman–Crippen LogP) is 3.24. The molecule has 1 N–H and O–H groups in total. The number of halogens is 1. The summed E-state index contributed by atoms with van der Waals surface area (Å²) < 4.78 is 5.59. The summed E-state index contributed by atoms with van der Waals surface area (Å²) in [5.74, 6) is 3.10. The SMILES string of the molecule is Clc1cc(NCCCOCC2CC2)nc(C2CC2)n1. The van der Waals surface area contributed by atoms with Crippen molar-refractivity contribution in [3.05, 3.63) is 17.0 Å². The summed E-state index contributed by atoms with van der Waals surface area (Å²) in [4.78, 5) is 8.77. The highest BCUT2D eigenvalue weighted by Gasteiger charge is 2.27. The normalized spacial score (nSPS) is 18.6.